The Kier molecular flexibility index (Phi) is 3.21. The van der Waals surface area contributed by atoms with Crippen molar-refractivity contribution in [2.75, 3.05) is 19.6 Å². The fraction of sp³-hybridized carbons (Fsp3) is 0.615. The van der Waals surface area contributed by atoms with Crippen molar-refractivity contribution < 1.29 is 9.59 Å². The summed E-state index contributed by atoms with van der Waals surface area (Å²) in [5.74, 6) is -0.100. The molecule has 0 saturated carbocycles. The molecule has 2 N–H and O–H groups in total. The van der Waals surface area contributed by atoms with Crippen LogP contribution < -0.4 is 10.6 Å². The van der Waals surface area contributed by atoms with Crippen LogP contribution in [0.2, 0.25) is 0 Å². The van der Waals surface area contributed by atoms with Gasteiger partial charge in [-0.05, 0) is 25.5 Å². The number of amides is 3. The van der Waals surface area contributed by atoms with E-state index in [1.54, 1.807) is 10.9 Å². The highest BCUT2D eigenvalue weighted by Crippen LogP contribution is 2.25. The summed E-state index contributed by atoms with van der Waals surface area (Å²) in [5.41, 5.74) is 0.287. The molecule has 7 heteroatoms. The van der Waals surface area contributed by atoms with Crippen molar-refractivity contribution in [2.24, 2.45) is 7.05 Å². The van der Waals surface area contributed by atoms with Gasteiger partial charge in [-0.1, -0.05) is 0 Å². The zero-order valence-corrected chi connectivity index (χ0v) is 11.6. The van der Waals surface area contributed by atoms with Gasteiger partial charge < -0.3 is 10.6 Å². The smallest absolute Gasteiger partial charge is 0.322 e. The van der Waals surface area contributed by atoms with Crippen molar-refractivity contribution in [2.45, 2.75) is 24.8 Å². The normalized spacial score (nSPS) is 26.4. The molecule has 2 saturated heterocycles. The third kappa shape index (κ3) is 2.07. The number of nitrogens with zero attached hydrogens (tertiary/aromatic N) is 3. The highest BCUT2D eigenvalue weighted by molar-refractivity contribution is 6.07. The molecule has 2 aliphatic heterocycles. The summed E-state index contributed by atoms with van der Waals surface area (Å²) in [7, 11) is 1.85. The maximum atomic E-state index is 12.5. The molecule has 1 atom stereocenters. The highest BCUT2D eigenvalue weighted by atomic mass is 16.2. The minimum atomic E-state index is -0.720. The van der Waals surface area contributed by atoms with Gasteiger partial charge in [-0.15, -0.1) is 0 Å². The first kappa shape index (κ1) is 13.1. The number of urea groups is 1. The van der Waals surface area contributed by atoms with Crippen molar-refractivity contribution in [3.05, 3.63) is 18.0 Å². The summed E-state index contributed by atoms with van der Waals surface area (Å²) >= 11 is 0. The van der Waals surface area contributed by atoms with Crippen LogP contribution in [0.4, 0.5) is 4.79 Å². The molecular weight excluding hydrogens is 258 g/mol. The van der Waals surface area contributed by atoms with E-state index in [1.165, 1.54) is 4.90 Å². The lowest BCUT2D eigenvalue weighted by Crippen LogP contribution is -2.57. The summed E-state index contributed by atoms with van der Waals surface area (Å²) in [6.45, 7) is 1.83. The van der Waals surface area contributed by atoms with Gasteiger partial charge in [0.2, 0.25) is 0 Å². The van der Waals surface area contributed by atoms with E-state index < -0.39 is 5.54 Å². The predicted molar refractivity (Wildman–Crippen MR) is 72.0 cm³/mol. The number of nitrogens with one attached hydrogen (secondary N) is 2. The first-order valence-electron chi connectivity index (χ1n) is 6.94. The van der Waals surface area contributed by atoms with E-state index in [0.717, 1.165) is 18.7 Å². The summed E-state index contributed by atoms with van der Waals surface area (Å²) in [5, 5.41) is 10.1. The van der Waals surface area contributed by atoms with Crippen molar-refractivity contribution >= 4 is 11.9 Å². The van der Waals surface area contributed by atoms with Gasteiger partial charge in [0.05, 0.1) is 0 Å². The van der Waals surface area contributed by atoms with Crippen LogP contribution in [0.5, 0.6) is 0 Å². The number of piperidine rings is 1. The number of carbonyl (C=O) groups excluding carboxylic acids is 2. The van der Waals surface area contributed by atoms with Gasteiger partial charge in [0, 0.05) is 38.4 Å². The zero-order valence-electron chi connectivity index (χ0n) is 11.6. The third-order valence-electron chi connectivity index (χ3n) is 4.14. The molecule has 3 rings (SSSR count). The molecule has 1 unspecified atom stereocenters. The van der Waals surface area contributed by atoms with Crippen molar-refractivity contribution in [3.63, 3.8) is 0 Å². The summed E-state index contributed by atoms with van der Waals surface area (Å²) in [6.07, 6.45) is 3.96. The molecule has 2 fully saturated rings. The Balaban J connectivity index is 1.69. The summed E-state index contributed by atoms with van der Waals surface area (Å²) in [6, 6.07) is 1.62. The van der Waals surface area contributed by atoms with E-state index in [0.29, 0.717) is 25.9 Å². The molecule has 0 aliphatic carbocycles. The standard InChI is InChI=1S/C13H19N5O2/c1-17-10(3-7-15-17)4-8-18-11(19)13(16-12(18)20)5-2-6-14-9-13/h3,7,14H,2,4-6,8-9H2,1H3,(H,16,20). The third-order valence-corrected chi connectivity index (χ3v) is 4.14. The average molecular weight is 277 g/mol. The van der Waals surface area contributed by atoms with Gasteiger partial charge in [-0.2, -0.15) is 5.10 Å². The number of rotatable bonds is 3. The molecule has 7 nitrogen and oxygen atoms in total. The molecule has 108 valence electrons. The Morgan fingerprint density at radius 3 is 2.95 bits per heavy atom. The molecule has 1 aromatic heterocycles. The van der Waals surface area contributed by atoms with Crippen LogP contribution in [0.1, 0.15) is 18.5 Å². The number of hydrogen-bond donors (Lipinski definition) is 2. The molecule has 2 aliphatic rings. The molecule has 3 heterocycles. The molecule has 1 spiro atoms. The van der Waals surface area contributed by atoms with Gasteiger partial charge >= 0.3 is 6.03 Å². The average Bonchev–Trinajstić information content (AvgIpc) is 2.93. The molecule has 20 heavy (non-hydrogen) atoms. The van der Waals surface area contributed by atoms with Crippen LogP contribution in [0.15, 0.2) is 12.3 Å². The first-order chi connectivity index (χ1) is 9.62. The SMILES string of the molecule is Cn1nccc1CCN1C(=O)NC2(CCCNC2)C1=O. The minimum absolute atomic E-state index is 0.100. The van der Waals surface area contributed by atoms with E-state index in [2.05, 4.69) is 15.7 Å². The molecular formula is C13H19N5O2. The number of imide groups is 1. The Bertz CT molecular complexity index is 533. The predicted octanol–water partition coefficient (Wildman–Crippen LogP) is -0.363. The van der Waals surface area contributed by atoms with Crippen molar-refractivity contribution in [1.29, 1.82) is 0 Å². The maximum Gasteiger partial charge on any atom is 0.325 e. The molecule has 0 bridgehead atoms. The topological polar surface area (TPSA) is 79.3 Å². The fourth-order valence-corrected chi connectivity index (χ4v) is 2.95. The fourth-order valence-electron chi connectivity index (χ4n) is 2.95. The van der Waals surface area contributed by atoms with Gasteiger partial charge in [0.25, 0.3) is 5.91 Å². The van der Waals surface area contributed by atoms with E-state index in [-0.39, 0.29) is 11.9 Å². The number of aromatic nitrogens is 2. The molecule has 1 aromatic rings. The van der Waals surface area contributed by atoms with Gasteiger partial charge in [0.1, 0.15) is 5.54 Å². The second-order valence-corrected chi connectivity index (χ2v) is 5.45. The van der Waals surface area contributed by atoms with E-state index in [4.69, 9.17) is 0 Å². The Morgan fingerprint density at radius 1 is 1.45 bits per heavy atom. The first-order valence-corrected chi connectivity index (χ1v) is 6.94. The lowest BCUT2D eigenvalue weighted by Gasteiger charge is -2.31. The minimum Gasteiger partial charge on any atom is -0.322 e. The van der Waals surface area contributed by atoms with Gasteiger partial charge in [-0.3, -0.25) is 14.4 Å². The largest absolute Gasteiger partial charge is 0.325 e. The highest BCUT2D eigenvalue weighted by Gasteiger charge is 2.51. The number of hydrogen-bond acceptors (Lipinski definition) is 4. The number of carbonyl (C=O) groups is 2. The Morgan fingerprint density at radius 2 is 2.30 bits per heavy atom. The van der Waals surface area contributed by atoms with Gasteiger partial charge in [0.15, 0.2) is 0 Å². The van der Waals surface area contributed by atoms with E-state index >= 15 is 0 Å². The summed E-state index contributed by atoms with van der Waals surface area (Å²) < 4.78 is 1.76. The van der Waals surface area contributed by atoms with Crippen LogP contribution >= 0.6 is 0 Å². The second kappa shape index (κ2) is 4.90. The zero-order chi connectivity index (χ0) is 14.2. The summed E-state index contributed by atoms with van der Waals surface area (Å²) in [4.78, 5) is 25.9. The Labute approximate surface area is 117 Å². The molecule has 3 amide bonds. The monoisotopic (exact) mass is 277 g/mol. The molecule has 0 aromatic carbocycles. The van der Waals surface area contributed by atoms with Crippen LogP contribution in [-0.4, -0.2) is 51.8 Å². The van der Waals surface area contributed by atoms with Crippen LogP contribution in [-0.2, 0) is 18.3 Å². The second-order valence-electron chi connectivity index (χ2n) is 5.45. The lowest BCUT2D eigenvalue weighted by molar-refractivity contribution is -0.131. The van der Waals surface area contributed by atoms with Gasteiger partial charge in [-0.25, -0.2) is 4.79 Å². The van der Waals surface area contributed by atoms with Crippen molar-refractivity contribution in [3.8, 4) is 0 Å². The van der Waals surface area contributed by atoms with Crippen LogP contribution in [0.3, 0.4) is 0 Å². The van der Waals surface area contributed by atoms with E-state index in [1.807, 2.05) is 13.1 Å². The molecule has 0 radical (unpaired) electrons. The van der Waals surface area contributed by atoms with Crippen LogP contribution in [0.25, 0.3) is 0 Å². The van der Waals surface area contributed by atoms with Crippen molar-refractivity contribution in [1.82, 2.24) is 25.3 Å². The quantitative estimate of drug-likeness (QED) is 0.739. The van der Waals surface area contributed by atoms with Crippen LogP contribution in [0, 0.1) is 0 Å². The Hall–Kier alpha value is -1.89. The lowest BCUT2D eigenvalue weighted by atomic mass is 9.90. The maximum absolute atomic E-state index is 12.5. The van der Waals surface area contributed by atoms with E-state index in [9.17, 15) is 9.59 Å². The number of aryl methyl sites for hydroxylation is 1.